The number of benzene rings is 1. The van der Waals surface area contributed by atoms with Crippen molar-refractivity contribution in [2.75, 3.05) is 18.6 Å². The predicted octanol–water partition coefficient (Wildman–Crippen LogP) is 2.87. The third kappa shape index (κ3) is 4.67. The van der Waals surface area contributed by atoms with Crippen LogP contribution in [0.2, 0.25) is 0 Å². The Bertz CT molecular complexity index is 701. The molecule has 0 saturated carbocycles. The maximum Gasteiger partial charge on any atom is 0.328 e. The highest BCUT2D eigenvalue weighted by Gasteiger charge is 2.38. The molecule has 1 aliphatic rings. The number of para-hydroxylation sites is 1. The zero-order chi connectivity index (χ0) is 20.1. The Balaban J connectivity index is 2.16. The summed E-state index contributed by atoms with van der Waals surface area (Å²) >= 11 is 0. The third-order valence-corrected chi connectivity index (χ3v) is 5.29. The SMILES string of the molecule is CCC(C)c1ccccc1N1CC(C(=O)NC(C(=O)OC)C(C)C)CC1=O. The van der Waals surface area contributed by atoms with E-state index in [1.54, 1.807) is 4.90 Å². The van der Waals surface area contributed by atoms with E-state index in [2.05, 4.69) is 19.2 Å². The molecule has 0 aliphatic carbocycles. The molecule has 3 unspecified atom stereocenters. The van der Waals surface area contributed by atoms with Gasteiger partial charge in [-0.25, -0.2) is 4.79 Å². The zero-order valence-corrected chi connectivity index (χ0v) is 16.8. The third-order valence-electron chi connectivity index (χ3n) is 5.29. The van der Waals surface area contributed by atoms with Crippen molar-refractivity contribution >= 4 is 23.5 Å². The molecule has 1 N–H and O–H groups in total. The van der Waals surface area contributed by atoms with Crippen molar-refractivity contribution in [1.82, 2.24) is 5.32 Å². The van der Waals surface area contributed by atoms with Crippen molar-refractivity contribution in [3.63, 3.8) is 0 Å². The van der Waals surface area contributed by atoms with Crippen LogP contribution in [0.4, 0.5) is 5.69 Å². The van der Waals surface area contributed by atoms with Crippen LogP contribution < -0.4 is 10.2 Å². The molecule has 0 bridgehead atoms. The largest absolute Gasteiger partial charge is 0.467 e. The van der Waals surface area contributed by atoms with E-state index in [1.807, 2.05) is 38.1 Å². The smallest absolute Gasteiger partial charge is 0.328 e. The molecule has 148 valence electrons. The number of hydrogen-bond donors (Lipinski definition) is 1. The Morgan fingerprint density at radius 3 is 2.52 bits per heavy atom. The fourth-order valence-electron chi connectivity index (χ4n) is 3.38. The quantitative estimate of drug-likeness (QED) is 0.745. The van der Waals surface area contributed by atoms with Crippen LogP contribution >= 0.6 is 0 Å². The van der Waals surface area contributed by atoms with Gasteiger partial charge in [-0.2, -0.15) is 0 Å². The maximum atomic E-state index is 12.7. The highest BCUT2D eigenvalue weighted by atomic mass is 16.5. The summed E-state index contributed by atoms with van der Waals surface area (Å²) in [5.74, 6) is -1.07. The van der Waals surface area contributed by atoms with E-state index in [-0.39, 0.29) is 24.2 Å². The summed E-state index contributed by atoms with van der Waals surface area (Å²) in [6.45, 7) is 8.26. The fraction of sp³-hybridized carbons (Fsp3) is 0.571. The molecule has 2 rings (SSSR count). The molecule has 2 amide bonds. The lowest BCUT2D eigenvalue weighted by molar-refractivity contribution is -0.146. The van der Waals surface area contributed by atoms with Gasteiger partial charge in [-0.3, -0.25) is 9.59 Å². The molecular formula is C21H30N2O4. The van der Waals surface area contributed by atoms with Gasteiger partial charge in [0.2, 0.25) is 11.8 Å². The number of nitrogens with one attached hydrogen (secondary N) is 1. The molecule has 6 nitrogen and oxygen atoms in total. The standard InChI is InChI=1S/C21H30N2O4/c1-6-14(4)16-9-7-8-10-17(16)23-12-15(11-18(23)24)20(25)22-19(13(2)3)21(26)27-5/h7-10,13-15,19H,6,11-12H2,1-5H3,(H,22,25). The average Bonchev–Trinajstić information content (AvgIpc) is 3.06. The van der Waals surface area contributed by atoms with E-state index in [9.17, 15) is 14.4 Å². The van der Waals surface area contributed by atoms with Crippen LogP contribution in [0.15, 0.2) is 24.3 Å². The fourth-order valence-corrected chi connectivity index (χ4v) is 3.38. The first-order valence-electron chi connectivity index (χ1n) is 9.57. The van der Waals surface area contributed by atoms with Gasteiger partial charge in [0.25, 0.3) is 0 Å². The second kappa shape index (κ2) is 9.02. The number of amides is 2. The number of methoxy groups -OCH3 is 1. The first-order chi connectivity index (χ1) is 12.8. The van der Waals surface area contributed by atoms with Gasteiger partial charge in [-0.15, -0.1) is 0 Å². The molecule has 1 heterocycles. The van der Waals surface area contributed by atoms with E-state index < -0.39 is 17.9 Å². The van der Waals surface area contributed by atoms with Crippen molar-refractivity contribution < 1.29 is 19.1 Å². The van der Waals surface area contributed by atoms with Crippen LogP contribution in [0.3, 0.4) is 0 Å². The van der Waals surface area contributed by atoms with E-state index in [0.717, 1.165) is 17.7 Å². The Morgan fingerprint density at radius 1 is 1.26 bits per heavy atom. The summed E-state index contributed by atoms with van der Waals surface area (Å²) in [6, 6.07) is 7.15. The molecule has 6 heteroatoms. The summed E-state index contributed by atoms with van der Waals surface area (Å²) in [4.78, 5) is 38.9. The molecule has 1 aromatic rings. The summed E-state index contributed by atoms with van der Waals surface area (Å²) in [7, 11) is 1.30. The average molecular weight is 374 g/mol. The maximum absolute atomic E-state index is 12.7. The van der Waals surface area contributed by atoms with Crippen LogP contribution in [0.25, 0.3) is 0 Å². The number of carbonyl (C=O) groups excluding carboxylic acids is 3. The minimum atomic E-state index is -0.709. The van der Waals surface area contributed by atoms with Gasteiger partial charge in [-0.05, 0) is 29.9 Å². The number of ether oxygens (including phenoxy) is 1. The summed E-state index contributed by atoms with van der Waals surface area (Å²) in [6.07, 6.45) is 1.12. The molecule has 1 aromatic carbocycles. The van der Waals surface area contributed by atoms with Crippen molar-refractivity contribution in [3.8, 4) is 0 Å². The topological polar surface area (TPSA) is 75.7 Å². The molecule has 1 saturated heterocycles. The van der Waals surface area contributed by atoms with Crippen LogP contribution in [0, 0.1) is 11.8 Å². The van der Waals surface area contributed by atoms with Gasteiger partial charge in [0, 0.05) is 18.7 Å². The minimum Gasteiger partial charge on any atom is -0.467 e. The first-order valence-corrected chi connectivity index (χ1v) is 9.57. The second-order valence-corrected chi connectivity index (χ2v) is 7.53. The zero-order valence-electron chi connectivity index (χ0n) is 16.8. The molecular weight excluding hydrogens is 344 g/mol. The Morgan fingerprint density at radius 2 is 1.93 bits per heavy atom. The lowest BCUT2D eigenvalue weighted by atomic mass is 9.96. The van der Waals surface area contributed by atoms with E-state index >= 15 is 0 Å². The van der Waals surface area contributed by atoms with Gasteiger partial charge >= 0.3 is 5.97 Å². The number of rotatable bonds is 7. The number of anilines is 1. The highest BCUT2D eigenvalue weighted by Crippen LogP contribution is 2.33. The Kier molecular flexibility index (Phi) is 6.99. The summed E-state index contributed by atoms with van der Waals surface area (Å²) in [5, 5.41) is 2.76. The van der Waals surface area contributed by atoms with Gasteiger partial charge in [0.1, 0.15) is 6.04 Å². The van der Waals surface area contributed by atoms with Gasteiger partial charge in [-0.1, -0.05) is 45.9 Å². The number of carbonyl (C=O) groups is 3. The summed E-state index contributed by atoms with van der Waals surface area (Å²) < 4.78 is 4.77. The lowest BCUT2D eigenvalue weighted by Gasteiger charge is -2.24. The Labute approximate surface area is 161 Å². The highest BCUT2D eigenvalue weighted by molar-refractivity contribution is 6.01. The Hall–Kier alpha value is -2.37. The molecule has 0 radical (unpaired) electrons. The number of hydrogen-bond acceptors (Lipinski definition) is 4. The van der Waals surface area contributed by atoms with Gasteiger partial charge < -0.3 is 15.0 Å². The molecule has 1 aliphatic heterocycles. The van der Waals surface area contributed by atoms with Crippen molar-refractivity contribution in [1.29, 1.82) is 0 Å². The van der Waals surface area contributed by atoms with Crippen molar-refractivity contribution in [2.45, 2.75) is 52.5 Å². The monoisotopic (exact) mass is 374 g/mol. The molecule has 0 spiro atoms. The van der Waals surface area contributed by atoms with Gasteiger partial charge in [0.05, 0.1) is 13.0 Å². The van der Waals surface area contributed by atoms with Crippen LogP contribution in [0.1, 0.15) is 52.0 Å². The van der Waals surface area contributed by atoms with Crippen LogP contribution in [0.5, 0.6) is 0 Å². The normalized spacial score (nSPS) is 19.1. The minimum absolute atomic E-state index is 0.0648. The second-order valence-electron chi connectivity index (χ2n) is 7.53. The van der Waals surface area contributed by atoms with E-state index in [1.165, 1.54) is 7.11 Å². The molecule has 27 heavy (non-hydrogen) atoms. The predicted molar refractivity (Wildman–Crippen MR) is 104 cm³/mol. The van der Waals surface area contributed by atoms with E-state index in [0.29, 0.717) is 12.5 Å². The van der Waals surface area contributed by atoms with Crippen molar-refractivity contribution in [2.24, 2.45) is 11.8 Å². The first kappa shape index (κ1) is 20.9. The van der Waals surface area contributed by atoms with Crippen LogP contribution in [-0.2, 0) is 19.1 Å². The van der Waals surface area contributed by atoms with Crippen molar-refractivity contribution in [3.05, 3.63) is 29.8 Å². The molecule has 3 atom stereocenters. The molecule has 0 aromatic heterocycles. The number of esters is 1. The van der Waals surface area contributed by atoms with Gasteiger partial charge in [0.15, 0.2) is 0 Å². The number of nitrogens with zero attached hydrogens (tertiary/aromatic N) is 1. The lowest BCUT2D eigenvalue weighted by Crippen LogP contribution is -2.47. The van der Waals surface area contributed by atoms with Crippen LogP contribution in [-0.4, -0.2) is 37.5 Å². The molecule has 1 fully saturated rings. The van der Waals surface area contributed by atoms with E-state index in [4.69, 9.17) is 4.74 Å². The summed E-state index contributed by atoms with van der Waals surface area (Å²) in [5.41, 5.74) is 1.99.